The van der Waals surface area contributed by atoms with Crippen molar-refractivity contribution >= 4 is 17.7 Å². The maximum atomic E-state index is 12.1. The minimum Gasteiger partial charge on any atom is -0.497 e. The third-order valence-corrected chi connectivity index (χ3v) is 5.41. The Balaban J connectivity index is 1.68. The van der Waals surface area contributed by atoms with Gasteiger partial charge >= 0.3 is 0 Å². The van der Waals surface area contributed by atoms with Crippen LogP contribution in [0.5, 0.6) is 5.75 Å². The van der Waals surface area contributed by atoms with Crippen LogP contribution in [0.2, 0.25) is 0 Å². The van der Waals surface area contributed by atoms with Crippen molar-refractivity contribution in [1.29, 1.82) is 0 Å². The molecule has 3 N–H and O–H groups in total. The van der Waals surface area contributed by atoms with Crippen molar-refractivity contribution in [3.8, 4) is 17.1 Å². The first-order valence-corrected chi connectivity index (χ1v) is 9.20. The first kappa shape index (κ1) is 17.8. The van der Waals surface area contributed by atoms with Gasteiger partial charge in [0.25, 0.3) is 5.91 Å². The fourth-order valence-electron chi connectivity index (χ4n) is 2.86. The largest absolute Gasteiger partial charge is 0.497 e. The number of ether oxygens (including phenoxy) is 1. The number of methoxy groups -OCH3 is 1. The van der Waals surface area contributed by atoms with E-state index < -0.39 is 11.4 Å². The Labute approximate surface area is 150 Å². The van der Waals surface area contributed by atoms with E-state index in [-0.39, 0.29) is 0 Å². The Morgan fingerprint density at radius 3 is 2.72 bits per heavy atom. The molecular formula is C17H21N3O4S. The van der Waals surface area contributed by atoms with Gasteiger partial charge in [0, 0.05) is 18.2 Å². The van der Waals surface area contributed by atoms with Crippen molar-refractivity contribution in [3.63, 3.8) is 0 Å². The molecule has 3 rings (SSSR count). The predicted octanol–water partition coefficient (Wildman–Crippen LogP) is 2.21. The van der Waals surface area contributed by atoms with Gasteiger partial charge in [-0.05, 0) is 48.6 Å². The quantitative estimate of drug-likeness (QED) is 0.535. The fourth-order valence-corrected chi connectivity index (χ4v) is 4.05. The van der Waals surface area contributed by atoms with Gasteiger partial charge in [-0.15, -0.1) is 0 Å². The second-order valence-corrected chi connectivity index (χ2v) is 7.12. The van der Waals surface area contributed by atoms with Crippen LogP contribution in [0, 0.1) is 0 Å². The highest BCUT2D eigenvalue weighted by Gasteiger charge is 2.39. The van der Waals surface area contributed by atoms with Gasteiger partial charge < -0.3 is 9.26 Å². The number of nitrogens with zero attached hydrogens (tertiary/aromatic N) is 1. The zero-order valence-electron chi connectivity index (χ0n) is 13.9. The number of nitrogens with one attached hydrogen (secondary N) is 2. The molecular weight excluding hydrogens is 342 g/mol. The van der Waals surface area contributed by atoms with Crippen LogP contribution in [0.4, 0.5) is 0 Å². The van der Waals surface area contributed by atoms with E-state index in [0.29, 0.717) is 30.8 Å². The molecule has 1 aromatic heterocycles. The number of hydrogen-bond acceptors (Lipinski definition) is 7. The van der Waals surface area contributed by atoms with E-state index in [9.17, 15) is 4.79 Å². The smallest absolute Gasteiger partial charge is 0.263 e. The number of amides is 1. The van der Waals surface area contributed by atoms with Crippen LogP contribution in [0.25, 0.3) is 11.3 Å². The van der Waals surface area contributed by atoms with Crippen molar-refractivity contribution in [2.24, 2.45) is 0 Å². The highest BCUT2D eigenvalue weighted by Crippen LogP contribution is 2.28. The van der Waals surface area contributed by atoms with Gasteiger partial charge in [0.1, 0.15) is 11.3 Å². The van der Waals surface area contributed by atoms with E-state index in [1.807, 2.05) is 30.3 Å². The highest BCUT2D eigenvalue weighted by molar-refractivity contribution is 7.99. The van der Waals surface area contributed by atoms with E-state index in [4.69, 9.17) is 14.5 Å². The number of rotatable bonds is 6. The molecule has 25 heavy (non-hydrogen) atoms. The maximum absolute atomic E-state index is 12.1. The van der Waals surface area contributed by atoms with E-state index in [1.165, 1.54) is 0 Å². The predicted molar refractivity (Wildman–Crippen MR) is 94.5 cm³/mol. The monoisotopic (exact) mass is 363 g/mol. The molecule has 1 fully saturated rings. The molecule has 0 radical (unpaired) electrons. The molecule has 0 spiro atoms. The van der Waals surface area contributed by atoms with Crippen molar-refractivity contribution in [1.82, 2.24) is 16.0 Å². The second-order valence-electron chi connectivity index (χ2n) is 5.90. The van der Waals surface area contributed by atoms with Crippen LogP contribution in [-0.4, -0.2) is 40.4 Å². The average Bonchev–Trinajstić information content (AvgIpc) is 3.15. The molecule has 8 heteroatoms. The second kappa shape index (κ2) is 7.90. The van der Waals surface area contributed by atoms with Gasteiger partial charge in [-0.1, -0.05) is 5.16 Å². The van der Waals surface area contributed by atoms with Gasteiger partial charge in [-0.2, -0.15) is 11.8 Å². The summed E-state index contributed by atoms with van der Waals surface area (Å²) in [5, 5.41) is 16.4. The van der Waals surface area contributed by atoms with Gasteiger partial charge in [0.05, 0.1) is 12.8 Å². The molecule has 0 aliphatic carbocycles. The molecule has 7 nitrogen and oxygen atoms in total. The summed E-state index contributed by atoms with van der Waals surface area (Å²) in [4.78, 5) is 12.1. The van der Waals surface area contributed by atoms with Gasteiger partial charge in [-0.25, -0.2) is 5.48 Å². The lowest BCUT2D eigenvalue weighted by Gasteiger charge is -2.35. The highest BCUT2D eigenvalue weighted by atomic mass is 32.2. The number of hydroxylamine groups is 1. The molecule has 2 heterocycles. The molecule has 1 aliphatic heterocycles. The molecule has 0 unspecified atom stereocenters. The third kappa shape index (κ3) is 3.97. The van der Waals surface area contributed by atoms with Crippen LogP contribution in [0.3, 0.4) is 0 Å². The van der Waals surface area contributed by atoms with Crippen LogP contribution in [0.15, 0.2) is 34.9 Å². The van der Waals surface area contributed by atoms with Crippen molar-refractivity contribution < 1.29 is 19.3 Å². The van der Waals surface area contributed by atoms with Gasteiger partial charge in [0.2, 0.25) is 0 Å². The first-order chi connectivity index (χ1) is 12.2. The summed E-state index contributed by atoms with van der Waals surface area (Å²) in [6, 6.07) is 9.36. The number of benzene rings is 1. The lowest BCUT2D eigenvalue weighted by molar-refractivity contribution is -0.136. The number of carbonyl (C=O) groups is 1. The Morgan fingerprint density at radius 1 is 1.36 bits per heavy atom. The molecule has 0 atom stereocenters. The topological polar surface area (TPSA) is 96.6 Å². The summed E-state index contributed by atoms with van der Waals surface area (Å²) in [6.07, 6.45) is 1.32. The third-order valence-electron chi connectivity index (χ3n) is 4.42. The summed E-state index contributed by atoms with van der Waals surface area (Å²) < 4.78 is 10.5. The van der Waals surface area contributed by atoms with E-state index in [0.717, 1.165) is 22.8 Å². The number of hydrogen-bond donors (Lipinski definition) is 3. The molecule has 0 saturated carbocycles. The zero-order valence-corrected chi connectivity index (χ0v) is 14.8. The summed E-state index contributed by atoms with van der Waals surface area (Å²) in [6.45, 7) is 0.387. The SMILES string of the molecule is COc1ccc(-c2cc(CNC3(C(=O)NO)CCSCC3)no2)cc1. The Hall–Kier alpha value is -2.03. The molecule has 2 aromatic rings. The van der Waals surface area contributed by atoms with E-state index in [1.54, 1.807) is 24.4 Å². The van der Waals surface area contributed by atoms with E-state index in [2.05, 4.69) is 10.5 Å². The first-order valence-electron chi connectivity index (χ1n) is 8.04. The maximum Gasteiger partial charge on any atom is 0.263 e. The van der Waals surface area contributed by atoms with Crippen LogP contribution >= 0.6 is 11.8 Å². The molecule has 1 amide bonds. The molecule has 1 aliphatic rings. The fraction of sp³-hybridized carbons (Fsp3) is 0.412. The average molecular weight is 363 g/mol. The van der Waals surface area contributed by atoms with Crippen LogP contribution in [0.1, 0.15) is 18.5 Å². The van der Waals surface area contributed by atoms with Crippen molar-refractivity contribution in [2.75, 3.05) is 18.6 Å². The Morgan fingerprint density at radius 2 is 2.08 bits per heavy atom. The van der Waals surface area contributed by atoms with Crippen molar-refractivity contribution in [3.05, 3.63) is 36.0 Å². The Kier molecular flexibility index (Phi) is 5.62. The summed E-state index contributed by atoms with van der Waals surface area (Å²) in [5.74, 6) is 2.77. The summed E-state index contributed by atoms with van der Waals surface area (Å²) in [7, 11) is 1.62. The number of aromatic nitrogens is 1. The van der Waals surface area contributed by atoms with Crippen LogP contribution in [-0.2, 0) is 11.3 Å². The lowest BCUT2D eigenvalue weighted by atomic mass is 9.91. The Bertz CT molecular complexity index is 711. The van der Waals surface area contributed by atoms with E-state index >= 15 is 0 Å². The normalized spacial score (nSPS) is 16.4. The van der Waals surface area contributed by atoms with Crippen LogP contribution < -0.4 is 15.5 Å². The van der Waals surface area contributed by atoms with Gasteiger partial charge in [0.15, 0.2) is 5.76 Å². The van der Waals surface area contributed by atoms with Crippen molar-refractivity contribution in [2.45, 2.75) is 24.9 Å². The minimum atomic E-state index is -0.765. The minimum absolute atomic E-state index is 0.387. The number of carbonyl (C=O) groups excluding carboxylic acids is 1. The molecule has 1 saturated heterocycles. The number of thioether (sulfide) groups is 1. The molecule has 134 valence electrons. The van der Waals surface area contributed by atoms with Gasteiger partial charge in [-0.3, -0.25) is 15.3 Å². The molecule has 1 aromatic carbocycles. The summed E-state index contributed by atoms with van der Waals surface area (Å²) in [5.41, 5.74) is 2.63. The lowest BCUT2D eigenvalue weighted by Crippen LogP contribution is -2.58. The summed E-state index contributed by atoms with van der Waals surface area (Å²) >= 11 is 1.81. The molecule has 0 bridgehead atoms. The standard InChI is InChI=1S/C17H21N3O4S/c1-23-14-4-2-12(3-5-14)15-10-13(20-24-15)11-18-17(16(21)19-22)6-8-25-9-7-17/h2-5,10,18,22H,6-9,11H2,1H3,(H,19,21). The zero-order chi connectivity index (χ0) is 17.7.